The van der Waals surface area contributed by atoms with Gasteiger partial charge in [0.15, 0.2) is 5.16 Å². The molecule has 0 saturated heterocycles. The van der Waals surface area contributed by atoms with Crippen molar-refractivity contribution in [2.24, 2.45) is 7.05 Å². The third kappa shape index (κ3) is 2.87. The van der Waals surface area contributed by atoms with Crippen LogP contribution in [0.3, 0.4) is 0 Å². The molecule has 20 heavy (non-hydrogen) atoms. The van der Waals surface area contributed by atoms with E-state index in [-0.39, 0.29) is 5.82 Å². The van der Waals surface area contributed by atoms with Crippen LogP contribution in [0.15, 0.2) is 29.4 Å². The number of halogens is 1. The first-order valence-electron chi connectivity index (χ1n) is 7.00. The Kier molecular flexibility index (Phi) is 4.05. The van der Waals surface area contributed by atoms with E-state index >= 15 is 0 Å². The lowest BCUT2D eigenvalue weighted by molar-refractivity contribution is 0.616. The van der Waals surface area contributed by atoms with E-state index in [0.29, 0.717) is 5.92 Å². The highest BCUT2D eigenvalue weighted by atomic mass is 32.2. The molecule has 0 N–H and O–H groups in total. The zero-order valence-electron chi connectivity index (χ0n) is 11.6. The van der Waals surface area contributed by atoms with Crippen LogP contribution in [0.2, 0.25) is 0 Å². The maximum absolute atomic E-state index is 12.9. The molecule has 106 valence electrons. The number of aromatic nitrogens is 3. The minimum atomic E-state index is -0.194. The van der Waals surface area contributed by atoms with Gasteiger partial charge in [-0.25, -0.2) is 4.39 Å². The highest BCUT2D eigenvalue weighted by Gasteiger charge is 2.23. The molecule has 1 aliphatic carbocycles. The van der Waals surface area contributed by atoms with E-state index in [4.69, 9.17) is 0 Å². The first-order chi connectivity index (χ1) is 9.74. The number of benzene rings is 1. The van der Waals surface area contributed by atoms with Crippen LogP contribution in [0.25, 0.3) is 0 Å². The highest BCUT2D eigenvalue weighted by molar-refractivity contribution is 7.98. The smallest absolute Gasteiger partial charge is 0.191 e. The van der Waals surface area contributed by atoms with Crippen molar-refractivity contribution in [1.82, 2.24) is 14.8 Å². The summed E-state index contributed by atoms with van der Waals surface area (Å²) in [4.78, 5) is 0. The lowest BCUT2D eigenvalue weighted by Gasteiger charge is -2.08. The third-order valence-corrected chi connectivity index (χ3v) is 4.96. The third-order valence-electron chi connectivity index (χ3n) is 3.87. The quantitative estimate of drug-likeness (QED) is 0.800. The maximum Gasteiger partial charge on any atom is 0.191 e. The summed E-state index contributed by atoms with van der Waals surface area (Å²) < 4.78 is 15.0. The van der Waals surface area contributed by atoms with Crippen LogP contribution < -0.4 is 0 Å². The van der Waals surface area contributed by atoms with Crippen LogP contribution in [0.1, 0.15) is 43.0 Å². The van der Waals surface area contributed by atoms with Crippen molar-refractivity contribution in [1.29, 1.82) is 0 Å². The fourth-order valence-corrected chi connectivity index (χ4v) is 3.59. The molecule has 0 spiro atoms. The minimum absolute atomic E-state index is 0.194. The summed E-state index contributed by atoms with van der Waals surface area (Å²) in [5.74, 6) is 2.29. The summed E-state index contributed by atoms with van der Waals surface area (Å²) in [6, 6.07) is 6.63. The number of thioether (sulfide) groups is 1. The van der Waals surface area contributed by atoms with Gasteiger partial charge in [-0.2, -0.15) is 0 Å². The van der Waals surface area contributed by atoms with E-state index in [2.05, 4.69) is 14.8 Å². The Morgan fingerprint density at radius 1 is 1.20 bits per heavy atom. The molecule has 1 saturated carbocycles. The first kappa shape index (κ1) is 13.6. The fraction of sp³-hybridized carbons (Fsp3) is 0.467. The van der Waals surface area contributed by atoms with E-state index in [1.165, 1.54) is 37.8 Å². The summed E-state index contributed by atoms with van der Waals surface area (Å²) in [5.41, 5.74) is 1.10. The molecule has 0 radical (unpaired) electrons. The molecule has 2 aromatic rings. The molecule has 1 fully saturated rings. The summed E-state index contributed by atoms with van der Waals surface area (Å²) in [6.45, 7) is 0. The Morgan fingerprint density at radius 2 is 1.90 bits per heavy atom. The van der Waals surface area contributed by atoms with Crippen molar-refractivity contribution in [3.05, 3.63) is 41.5 Å². The van der Waals surface area contributed by atoms with Gasteiger partial charge in [-0.15, -0.1) is 10.2 Å². The monoisotopic (exact) mass is 291 g/mol. The molecule has 3 nitrogen and oxygen atoms in total. The van der Waals surface area contributed by atoms with Gasteiger partial charge in [0.05, 0.1) is 0 Å². The van der Waals surface area contributed by atoms with Gasteiger partial charge >= 0.3 is 0 Å². The van der Waals surface area contributed by atoms with E-state index < -0.39 is 0 Å². The van der Waals surface area contributed by atoms with Gasteiger partial charge in [0, 0.05) is 18.7 Å². The highest BCUT2D eigenvalue weighted by Crippen LogP contribution is 2.34. The molecule has 0 bridgehead atoms. The molecular formula is C15H18FN3S. The Bertz CT molecular complexity index is 573. The second kappa shape index (κ2) is 5.95. The largest absolute Gasteiger partial charge is 0.309 e. The molecular weight excluding hydrogens is 273 g/mol. The molecule has 5 heteroatoms. The molecule has 0 unspecified atom stereocenters. The maximum atomic E-state index is 12.9. The Morgan fingerprint density at radius 3 is 2.60 bits per heavy atom. The number of hydrogen-bond donors (Lipinski definition) is 0. The lowest BCUT2D eigenvalue weighted by Crippen LogP contribution is -2.03. The lowest BCUT2D eigenvalue weighted by atomic mass is 10.1. The van der Waals surface area contributed by atoms with Crippen LogP contribution in [0, 0.1) is 5.82 Å². The molecule has 0 atom stereocenters. The molecule has 1 aromatic carbocycles. The summed E-state index contributed by atoms with van der Waals surface area (Å²) >= 11 is 1.65. The minimum Gasteiger partial charge on any atom is -0.309 e. The average Bonchev–Trinajstić information content (AvgIpc) is 3.08. The second-order valence-electron chi connectivity index (χ2n) is 5.30. The molecule has 0 aliphatic heterocycles. The SMILES string of the molecule is Cn1c(SCc2ccc(F)cc2)nnc1C1CCCC1. The van der Waals surface area contributed by atoms with Crippen molar-refractivity contribution in [3.8, 4) is 0 Å². The van der Waals surface area contributed by atoms with Crippen LogP contribution in [-0.4, -0.2) is 14.8 Å². The van der Waals surface area contributed by atoms with E-state index in [1.807, 2.05) is 19.2 Å². The first-order valence-corrected chi connectivity index (χ1v) is 7.99. The zero-order chi connectivity index (χ0) is 13.9. The van der Waals surface area contributed by atoms with Gasteiger partial charge < -0.3 is 4.57 Å². The van der Waals surface area contributed by atoms with Crippen molar-refractivity contribution < 1.29 is 4.39 Å². The van der Waals surface area contributed by atoms with E-state index in [1.54, 1.807) is 11.8 Å². The second-order valence-corrected chi connectivity index (χ2v) is 6.24. The molecule has 1 aliphatic rings. The average molecular weight is 291 g/mol. The number of rotatable bonds is 4. The predicted octanol–water partition coefficient (Wildman–Crippen LogP) is 3.90. The Hall–Kier alpha value is -1.36. The zero-order valence-corrected chi connectivity index (χ0v) is 12.4. The standard InChI is InChI=1S/C15H18FN3S/c1-19-14(12-4-2-3-5-12)17-18-15(19)20-10-11-6-8-13(16)9-7-11/h6-9,12H,2-5,10H2,1H3. The predicted molar refractivity (Wildman–Crippen MR) is 78.2 cm³/mol. The molecule has 0 amide bonds. The van der Waals surface area contributed by atoms with Crippen LogP contribution in [0.4, 0.5) is 4.39 Å². The summed E-state index contributed by atoms with van der Waals surface area (Å²) in [5, 5.41) is 9.59. The Labute approximate surface area is 122 Å². The van der Waals surface area contributed by atoms with Crippen molar-refractivity contribution >= 4 is 11.8 Å². The van der Waals surface area contributed by atoms with Crippen LogP contribution in [-0.2, 0) is 12.8 Å². The fourth-order valence-electron chi connectivity index (χ4n) is 2.72. The van der Waals surface area contributed by atoms with Gasteiger partial charge in [-0.1, -0.05) is 36.7 Å². The van der Waals surface area contributed by atoms with Gasteiger partial charge in [0.1, 0.15) is 11.6 Å². The number of nitrogens with zero attached hydrogens (tertiary/aromatic N) is 3. The summed E-state index contributed by atoms with van der Waals surface area (Å²) in [6.07, 6.45) is 5.06. The molecule has 3 rings (SSSR count). The van der Waals surface area contributed by atoms with Gasteiger partial charge in [-0.05, 0) is 30.5 Å². The van der Waals surface area contributed by atoms with Crippen molar-refractivity contribution in [2.45, 2.75) is 42.5 Å². The van der Waals surface area contributed by atoms with Crippen LogP contribution >= 0.6 is 11.8 Å². The molecule has 1 heterocycles. The van der Waals surface area contributed by atoms with E-state index in [9.17, 15) is 4.39 Å². The topological polar surface area (TPSA) is 30.7 Å². The van der Waals surface area contributed by atoms with Crippen LogP contribution in [0.5, 0.6) is 0 Å². The van der Waals surface area contributed by atoms with Gasteiger partial charge in [-0.3, -0.25) is 0 Å². The van der Waals surface area contributed by atoms with Gasteiger partial charge in [0.2, 0.25) is 0 Å². The van der Waals surface area contributed by atoms with Crippen molar-refractivity contribution in [2.75, 3.05) is 0 Å². The van der Waals surface area contributed by atoms with Crippen molar-refractivity contribution in [3.63, 3.8) is 0 Å². The molecule has 1 aromatic heterocycles. The van der Waals surface area contributed by atoms with E-state index in [0.717, 1.165) is 22.3 Å². The summed E-state index contributed by atoms with van der Waals surface area (Å²) in [7, 11) is 2.04. The number of hydrogen-bond acceptors (Lipinski definition) is 3. The Balaban J connectivity index is 1.67. The van der Waals surface area contributed by atoms with Gasteiger partial charge in [0.25, 0.3) is 0 Å². The normalized spacial score (nSPS) is 15.9.